The second-order valence-electron chi connectivity index (χ2n) is 0.785. The Morgan fingerprint density at radius 2 is 1.50 bits per heavy atom. The van der Waals surface area contributed by atoms with Gasteiger partial charge in [0, 0.05) is 0 Å². The van der Waals surface area contributed by atoms with Crippen LogP contribution in [-0.4, -0.2) is 12.5 Å². The Hall–Kier alpha value is 0.830. The van der Waals surface area contributed by atoms with Crippen LogP contribution in [0.15, 0.2) is 0 Å². The summed E-state index contributed by atoms with van der Waals surface area (Å²) in [7, 11) is 0.192. The minimum atomic E-state index is 0.192. The zero-order chi connectivity index (χ0) is 3.58. The van der Waals surface area contributed by atoms with E-state index in [1.165, 1.54) is 0 Å². The molecule has 0 fully saturated rings. The molecule has 0 aromatic heterocycles. The highest BCUT2D eigenvalue weighted by Gasteiger charge is 1.62. The van der Waals surface area contributed by atoms with Crippen molar-refractivity contribution in [3.8, 4) is 0 Å². The Labute approximate surface area is 37.1 Å². The van der Waals surface area contributed by atoms with Crippen LogP contribution in [0.25, 0.3) is 0 Å². The van der Waals surface area contributed by atoms with Gasteiger partial charge in [-0.05, 0) is 27.3 Å². The smallest absolute Gasteiger partial charge is 0.0281 e. The van der Waals surface area contributed by atoms with E-state index in [-0.39, 0.29) is 9.33 Å². The summed E-state index contributed by atoms with van der Waals surface area (Å²) >= 11 is 3.34. The van der Waals surface area contributed by atoms with Gasteiger partial charge in [-0.25, -0.2) is 9.33 Å². The molecule has 0 unspecified atom stereocenters. The molecule has 0 aromatic rings. The molecule has 0 aromatic carbocycles. The fraction of sp³-hybridized carbons (Fsp3) is 1.00. The molecule has 0 bridgehead atoms. The third-order valence-electron chi connectivity index (χ3n) is 0. The van der Waals surface area contributed by atoms with E-state index in [0.717, 1.165) is 0 Å². The van der Waals surface area contributed by atoms with Crippen molar-refractivity contribution in [2.45, 2.75) is 0 Å². The largest absolute Gasteiger partial charge is 0.201 e. The predicted octanol–water partition coefficient (Wildman–Crippen LogP) is 1.56. The Balaban J connectivity index is 2.32. The van der Waals surface area contributed by atoms with E-state index in [0.29, 0.717) is 0 Å². The van der Waals surface area contributed by atoms with Crippen LogP contribution in [-0.2, 0) is 0 Å². The van der Waals surface area contributed by atoms with Gasteiger partial charge in [0.15, 0.2) is 0 Å². The summed E-state index contributed by atoms with van der Waals surface area (Å²) in [6.07, 6.45) is 4.30. The van der Waals surface area contributed by atoms with Crippen LogP contribution in [0.2, 0.25) is 0 Å². The minimum absolute atomic E-state index is 0.192. The van der Waals surface area contributed by atoms with Crippen LogP contribution in [0, 0.1) is 0 Å². The van der Waals surface area contributed by atoms with E-state index in [9.17, 15) is 0 Å². The van der Waals surface area contributed by atoms with E-state index < -0.39 is 0 Å². The summed E-state index contributed by atoms with van der Waals surface area (Å²) in [4.78, 5) is 0. The lowest BCUT2D eigenvalue weighted by Gasteiger charge is -1.85. The molecule has 0 rings (SSSR count). The molecule has 0 spiro atoms. The van der Waals surface area contributed by atoms with E-state index in [2.05, 4.69) is 27.3 Å². The van der Waals surface area contributed by atoms with Gasteiger partial charge in [0.25, 0.3) is 0 Å². The molecule has 0 saturated heterocycles. The summed E-state index contributed by atoms with van der Waals surface area (Å²) in [5.41, 5.74) is 0. The SMILES string of the molecule is C[SH](C)Br. The lowest BCUT2D eigenvalue weighted by atomic mass is 11.9. The van der Waals surface area contributed by atoms with Crippen molar-refractivity contribution in [2.75, 3.05) is 12.5 Å². The maximum Gasteiger partial charge on any atom is -0.0281 e. The molecule has 0 amide bonds. The lowest BCUT2D eigenvalue weighted by molar-refractivity contribution is 2.36. The molecule has 0 nitrogen and oxygen atoms in total. The molecule has 0 heterocycles. The monoisotopic (exact) mass is 142 g/mol. The van der Waals surface area contributed by atoms with Crippen molar-refractivity contribution in [1.82, 2.24) is 0 Å². The first-order valence-corrected chi connectivity index (χ1v) is 5.32. The third-order valence-corrected chi connectivity index (χ3v) is 0. The molecule has 0 atom stereocenters. The first-order valence-electron chi connectivity index (χ1n) is 1.06. The lowest BCUT2D eigenvalue weighted by Crippen LogP contribution is -1.43. The molecule has 2 heteroatoms. The molecule has 0 radical (unpaired) electrons. The van der Waals surface area contributed by atoms with Crippen molar-refractivity contribution in [2.24, 2.45) is 0 Å². The van der Waals surface area contributed by atoms with Gasteiger partial charge in [-0.1, -0.05) is 0 Å². The van der Waals surface area contributed by atoms with E-state index in [4.69, 9.17) is 0 Å². The molecule has 28 valence electrons. The van der Waals surface area contributed by atoms with Crippen molar-refractivity contribution >= 4 is 24.1 Å². The molecule has 0 aliphatic rings. The van der Waals surface area contributed by atoms with Crippen LogP contribution in [0.4, 0.5) is 0 Å². The van der Waals surface area contributed by atoms with Crippen molar-refractivity contribution in [3.63, 3.8) is 0 Å². The average Bonchev–Trinajstić information content (AvgIpc) is 0.811. The molecular weight excluding hydrogens is 136 g/mol. The summed E-state index contributed by atoms with van der Waals surface area (Å²) in [5.74, 6) is 0. The van der Waals surface area contributed by atoms with Crippen molar-refractivity contribution < 1.29 is 0 Å². The minimum Gasteiger partial charge on any atom is -0.201 e. The van der Waals surface area contributed by atoms with Gasteiger partial charge in [-0.15, -0.1) is 0 Å². The second kappa shape index (κ2) is 2.09. The number of rotatable bonds is 0. The van der Waals surface area contributed by atoms with Gasteiger partial charge < -0.3 is 0 Å². The summed E-state index contributed by atoms with van der Waals surface area (Å²) in [6, 6.07) is 0. The Morgan fingerprint density at radius 1 is 1.50 bits per heavy atom. The number of halogens is 1. The van der Waals surface area contributed by atoms with Gasteiger partial charge in [-0.3, -0.25) is 0 Å². The Bertz CT molecular complexity index is 10.8. The zero-order valence-electron chi connectivity index (χ0n) is 2.83. The van der Waals surface area contributed by atoms with E-state index in [1.54, 1.807) is 0 Å². The molecular formula is C2H7BrS. The highest BCUT2D eigenvalue weighted by molar-refractivity contribution is 9.53. The topological polar surface area (TPSA) is 0 Å². The third kappa shape index (κ3) is 13.8. The van der Waals surface area contributed by atoms with Gasteiger partial charge >= 0.3 is 0 Å². The van der Waals surface area contributed by atoms with Crippen LogP contribution in [0.5, 0.6) is 0 Å². The van der Waals surface area contributed by atoms with Crippen LogP contribution < -0.4 is 0 Å². The number of hydrogen-bond donors (Lipinski definition) is 1. The zero-order valence-corrected chi connectivity index (χ0v) is 5.31. The normalized spacial score (nSPS) is 11.2. The number of hydrogen-bond acceptors (Lipinski definition) is 0. The first kappa shape index (κ1) is 4.83. The standard InChI is InChI=1S/C2H7BrS/c1-4(2)3/h4H,1-2H3. The second-order valence-corrected chi connectivity index (χ2v) is 6.61. The maximum atomic E-state index is 3.34. The van der Waals surface area contributed by atoms with Crippen molar-refractivity contribution in [3.05, 3.63) is 0 Å². The average molecular weight is 143 g/mol. The maximum absolute atomic E-state index is 3.34. The summed E-state index contributed by atoms with van der Waals surface area (Å²) in [5, 5.41) is 0. The highest BCUT2D eigenvalue weighted by atomic mass is 79.9. The van der Waals surface area contributed by atoms with Crippen LogP contribution in [0.1, 0.15) is 0 Å². The van der Waals surface area contributed by atoms with Gasteiger partial charge in [-0.2, -0.15) is 0 Å². The molecule has 0 N–H and O–H groups in total. The highest BCUT2D eigenvalue weighted by Crippen LogP contribution is 2.21. The fourth-order valence-corrected chi connectivity index (χ4v) is 0. The van der Waals surface area contributed by atoms with E-state index in [1.807, 2.05) is 0 Å². The summed E-state index contributed by atoms with van der Waals surface area (Å²) in [6.45, 7) is 0. The van der Waals surface area contributed by atoms with E-state index >= 15 is 0 Å². The van der Waals surface area contributed by atoms with Crippen LogP contribution in [0.3, 0.4) is 0 Å². The van der Waals surface area contributed by atoms with Crippen LogP contribution >= 0.6 is 24.1 Å². The predicted molar refractivity (Wildman–Crippen MR) is 29.8 cm³/mol. The Morgan fingerprint density at radius 3 is 1.50 bits per heavy atom. The molecule has 0 aliphatic heterocycles. The Kier molecular flexibility index (Phi) is 2.52. The molecule has 4 heavy (non-hydrogen) atoms. The molecule has 0 aliphatic carbocycles. The van der Waals surface area contributed by atoms with Crippen molar-refractivity contribution in [1.29, 1.82) is 0 Å². The van der Waals surface area contributed by atoms with Gasteiger partial charge in [0.1, 0.15) is 0 Å². The summed E-state index contributed by atoms with van der Waals surface area (Å²) < 4.78 is 0. The first-order chi connectivity index (χ1) is 1.73. The van der Waals surface area contributed by atoms with Gasteiger partial charge in [0.2, 0.25) is 0 Å². The number of thiol groups is 1. The fourth-order valence-electron chi connectivity index (χ4n) is 0. The van der Waals surface area contributed by atoms with Gasteiger partial charge in [0.05, 0.1) is 0 Å². The quantitative estimate of drug-likeness (QED) is 0.488. The molecule has 0 saturated carbocycles.